The predicted molar refractivity (Wildman–Crippen MR) is 65.6 cm³/mol. The number of alkyl halides is 2. The lowest BCUT2D eigenvalue weighted by molar-refractivity contribution is -0.133. The minimum absolute atomic E-state index is 0.143. The molecule has 2 saturated heterocycles. The number of nitrogens with one attached hydrogen (secondary N) is 1. The van der Waals surface area contributed by atoms with Crippen molar-refractivity contribution >= 4 is 5.91 Å². The van der Waals surface area contributed by atoms with Crippen molar-refractivity contribution in [3.63, 3.8) is 0 Å². The van der Waals surface area contributed by atoms with Gasteiger partial charge in [-0.1, -0.05) is 13.8 Å². The second-order valence-electron chi connectivity index (χ2n) is 5.71. The number of hydrogen-bond acceptors (Lipinski definition) is 2. The molecule has 0 radical (unpaired) electrons. The summed E-state index contributed by atoms with van der Waals surface area (Å²) < 4.78 is 26.2. The van der Waals surface area contributed by atoms with Crippen molar-refractivity contribution in [3.05, 3.63) is 0 Å². The van der Waals surface area contributed by atoms with E-state index in [1.807, 2.05) is 0 Å². The molecule has 0 aromatic heterocycles. The fraction of sp³-hybridized carbons (Fsp3) is 0.923. The third kappa shape index (κ3) is 2.51. The average molecular weight is 260 g/mol. The smallest absolute Gasteiger partial charge is 0.262 e. The first kappa shape index (κ1) is 13.7. The second kappa shape index (κ2) is 4.76. The highest BCUT2D eigenvalue weighted by Gasteiger charge is 2.46. The summed E-state index contributed by atoms with van der Waals surface area (Å²) in [6.45, 7) is 5.34. The molecule has 104 valence electrons. The standard InChI is InChI=1S/C13H22F2N2O/c1-3-12(4-2)5-6-17(9-12)11(18)10-7-13(14,15)8-16-10/h10,16H,3-9H2,1-2H3. The van der Waals surface area contributed by atoms with Crippen LogP contribution < -0.4 is 5.32 Å². The van der Waals surface area contributed by atoms with Gasteiger partial charge in [0.1, 0.15) is 0 Å². The highest BCUT2D eigenvalue weighted by Crippen LogP contribution is 2.37. The maximum absolute atomic E-state index is 13.1. The molecule has 2 rings (SSSR count). The third-order valence-corrected chi connectivity index (χ3v) is 4.66. The van der Waals surface area contributed by atoms with Crippen molar-refractivity contribution in [2.24, 2.45) is 5.41 Å². The number of halogens is 2. The molecule has 0 bridgehead atoms. The van der Waals surface area contributed by atoms with Gasteiger partial charge in [-0.05, 0) is 24.7 Å². The van der Waals surface area contributed by atoms with Crippen molar-refractivity contribution < 1.29 is 13.6 Å². The summed E-state index contributed by atoms with van der Waals surface area (Å²) in [5.74, 6) is -2.87. The lowest BCUT2D eigenvalue weighted by Crippen LogP contribution is -2.43. The zero-order chi connectivity index (χ0) is 13.4. The van der Waals surface area contributed by atoms with E-state index in [-0.39, 0.29) is 24.3 Å². The molecule has 1 atom stereocenters. The molecule has 5 heteroatoms. The van der Waals surface area contributed by atoms with Gasteiger partial charge in [0.2, 0.25) is 5.91 Å². The van der Waals surface area contributed by atoms with Gasteiger partial charge in [-0.25, -0.2) is 8.78 Å². The normalized spacial score (nSPS) is 29.8. The van der Waals surface area contributed by atoms with E-state index in [2.05, 4.69) is 19.2 Å². The van der Waals surface area contributed by atoms with Gasteiger partial charge >= 0.3 is 0 Å². The Morgan fingerprint density at radius 1 is 1.39 bits per heavy atom. The molecule has 18 heavy (non-hydrogen) atoms. The van der Waals surface area contributed by atoms with Gasteiger partial charge in [0.25, 0.3) is 5.92 Å². The van der Waals surface area contributed by atoms with Gasteiger partial charge in [-0.3, -0.25) is 10.1 Å². The summed E-state index contributed by atoms with van der Waals surface area (Å²) in [5, 5.41) is 2.65. The maximum Gasteiger partial charge on any atom is 0.262 e. The molecule has 1 unspecified atom stereocenters. The minimum atomic E-state index is -2.73. The lowest BCUT2D eigenvalue weighted by Gasteiger charge is -2.27. The first-order valence-corrected chi connectivity index (χ1v) is 6.81. The summed E-state index contributed by atoms with van der Waals surface area (Å²) in [6.07, 6.45) is 2.73. The maximum atomic E-state index is 13.1. The van der Waals surface area contributed by atoms with Crippen LogP contribution in [-0.4, -0.2) is 42.4 Å². The van der Waals surface area contributed by atoms with E-state index in [4.69, 9.17) is 0 Å². The molecule has 3 nitrogen and oxygen atoms in total. The molecule has 1 amide bonds. The Morgan fingerprint density at radius 3 is 2.50 bits per heavy atom. The van der Waals surface area contributed by atoms with Crippen molar-refractivity contribution in [2.45, 2.75) is 51.5 Å². The van der Waals surface area contributed by atoms with E-state index in [0.717, 1.165) is 25.8 Å². The van der Waals surface area contributed by atoms with Crippen LogP contribution in [0, 0.1) is 5.41 Å². The molecule has 0 saturated carbocycles. The number of carbonyl (C=O) groups excluding carboxylic acids is 1. The topological polar surface area (TPSA) is 32.3 Å². The summed E-state index contributed by atoms with van der Waals surface area (Å²) >= 11 is 0. The van der Waals surface area contributed by atoms with Crippen LogP contribution >= 0.6 is 0 Å². The predicted octanol–water partition coefficient (Wildman–Crippen LogP) is 2.02. The molecule has 0 aromatic carbocycles. The monoisotopic (exact) mass is 260 g/mol. The molecule has 0 aliphatic carbocycles. The number of carbonyl (C=O) groups is 1. The number of likely N-dealkylation sites (tertiary alicyclic amines) is 1. The van der Waals surface area contributed by atoms with Crippen molar-refractivity contribution in [3.8, 4) is 0 Å². The van der Waals surface area contributed by atoms with E-state index in [0.29, 0.717) is 6.54 Å². The summed E-state index contributed by atoms with van der Waals surface area (Å²) in [4.78, 5) is 14.0. The fourth-order valence-electron chi connectivity index (χ4n) is 3.06. The Morgan fingerprint density at radius 2 is 2.06 bits per heavy atom. The Balaban J connectivity index is 1.96. The van der Waals surface area contributed by atoms with Crippen LogP contribution in [-0.2, 0) is 4.79 Å². The Labute approximate surface area is 107 Å². The summed E-state index contributed by atoms with van der Waals surface area (Å²) in [5.41, 5.74) is 0.205. The number of rotatable bonds is 3. The molecule has 0 spiro atoms. The average Bonchev–Trinajstić information content (AvgIpc) is 2.92. The van der Waals surface area contributed by atoms with Gasteiger partial charge < -0.3 is 4.90 Å². The zero-order valence-corrected chi connectivity index (χ0v) is 11.1. The molecule has 1 N–H and O–H groups in total. The minimum Gasteiger partial charge on any atom is -0.341 e. The van der Waals surface area contributed by atoms with E-state index in [1.165, 1.54) is 0 Å². The number of amides is 1. The molecule has 2 heterocycles. The Bertz CT molecular complexity index is 329. The SMILES string of the molecule is CCC1(CC)CCN(C(=O)C2CC(F)(F)CN2)C1. The largest absolute Gasteiger partial charge is 0.341 e. The molecule has 2 fully saturated rings. The fourth-order valence-corrected chi connectivity index (χ4v) is 3.06. The summed E-state index contributed by atoms with van der Waals surface area (Å²) in [7, 11) is 0. The summed E-state index contributed by atoms with van der Waals surface area (Å²) in [6, 6.07) is -0.690. The Hall–Kier alpha value is -0.710. The number of hydrogen-bond donors (Lipinski definition) is 1. The highest BCUT2D eigenvalue weighted by molar-refractivity contribution is 5.82. The van der Waals surface area contributed by atoms with Crippen LogP contribution in [0.1, 0.15) is 39.5 Å². The molecule has 2 aliphatic rings. The van der Waals surface area contributed by atoms with Gasteiger partial charge in [0.15, 0.2) is 0 Å². The van der Waals surface area contributed by atoms with E-state index in [9.17, 15) is 13.6 Å². The van der Waals surface area contributed by atoms with Crippen LogP contribution in [0.2, 0.25) is 0 Å². The van der Waals surface area contributed by atoms with Crippen LogP contribution in [0.3, 0.4) is 0 Å². The number of nitrogens with zero attached hydrogens (tertiary/aromatic N) is 1. The van der Waals surface area contributed by atoms with Gasteiger partial charge in [-0.15, -0.1) is 0 Å². The molecular weight excluding hydrogens is 238 g/mol. The first-order valence-electron chi connectivity index (χ1n) is 6.81. The van der Waals surface area contributed by atoms with Gasteiger partial charge in [-0.2, -0.15) is 0 Å². The third-order valence-electron chi connectivity index (χ3n) is 4.66. The molecule has 0 aromatic rings. The molecular formula is C13H22F2N2O. The van der Waals surface area contributed by atoms with Gasteiger partial charge in [0, 0.05) is 19.5 Å². The quantitative estimate of drug-likeness (QED) is 0.842. The van der Waals surface area contributed by atoms with Crippen LogP contribution in [0.15, 0.2) is 0 Å². The van der Waals surface area contributed by atoms with Crippen molar-refractivity contribution in [1.29, 1.82) is 0 Å². The molecule has 2 aliphatic heterocycles. The van der Waals surface area contributed by atoms with E-state index in [1.54, 1.807) is 4.90 Å². The second-order valence-corrected chi connectivity index (χ2v) is 5.71. The van der Waals surface area contributed by atoms with Crippen molar-refractivity contribution in [1.82, 2.24) is 10.2 Å². The van der Waals surface area contributed by atoms with Crippen molar-refractivity contribution in [2.75, 3.05) is 19.6 Å². The Kier molecular flexibility index (Phi) is 3.63. The first-order chi connectivity index (χ1) is 8.41. The van der Waals surface area contributed by atoms with Crippen LogP contribution in [0.25, 0.3) is 0 Å². The van der Waals surface area contributed by atoms with Gasteiger partial charge in [0.05, 0.1) is 12.6 Å². The van der Waals surface area contributed by atoms with E-state index < -0.39 is 12.0 Å². The zero-order valence-electron chi connectivity index (χ0n) is 11.1. The highest BCUT2D eigenvalue weighted by atomic mass is 19.3. The lowest BCUT2D eigenvalue weighted by atomic mass is 9.82. The van der Waals surface area contributed by atoms with Crippen LogP contribution in [0.4, 0.5) is 8.78 Å². The van der Waals surface area contributed by atoms with E-state index >= 15 is 0 Å². The van der Waals surface area contributed by atoms with Crippen LogP contribution in [0.5, 0.6) is 0 Å².